The van der Waals surface area contributed by atoms with Crippen molar-refractivity contribution in [3.63, 3.8) is 0 Å². The Labute approximate surface area is 109 Å². The maximum absolute atomic E-state index is 13.5. The zero-order valence-electron chi connectivity index (χ0n) is 11.4. The Morgan fingerprint density at radius 2 is 2.00 bits per heavy atom. The van der Waals surface area contributed by atoms with Gasteiger partial charge in [-0.3, -0.25) is 0 Å². The SMILES string of the molecule is CC(C)OCCN(C)CC(N)c1ccccc1F. The molecule has 3 nitrogen and oxygen atoms in total. The van der Waals surface area contributed by atoms with Gasteiger partial charge < -0.3 is 15.4 Å². The van der Waals surface area contributed by atoms with Crippen LogP contribution in [0.3, 0.4) is 0 Å². The molecule has 0 amide bonds. The van der Waals surface area contributed by atoms with Gasteiger partial charge in [0.05, 0.1) is 12.7 Å². The molecule has 0 fully saturated rings. The molecule has 0 saturated heterocycles. The van der Waals surface area contributed by atoms with E-state index in [9.17, 15) is 4.39 Å². The van der Waals surface area contributed by atoms with E-state index in [1.54, 1.807) is 18.2 Å². The van der Waals surface area contributed by atoms with Crippen molar-refractivity contribution >= 4 is 0 Å². The molecule has 0 aliphatic heterocycles. The minimum absolute atomic E-state index is 0.235. The zero-order valence-corrected chi connectivity index (χ0v) is 11.4. The molecule has 0 aliphatic carbocycles. The fourth-order valence-electron chi connectivity index (χ4n) is 1.75. The van der Waals surface area contributed by atoms with Crippen molar-refractivity contribution in [3.05, 3.63) is 35.6 Å². The Morgan fingerprint density at radius 1 is 1.33 bits per heavy atom. The van der Waals surface area contributed by atoms with E-state index in [-0.39, 0.29) is 18.0 Å². The van der Waals surface area contributed by atoms with E-state index in [0.717, 1.165) is 6.54 Å². The van der Waals surface area contributed by atoms with Gasteiger partial charge in [0, 0.05) is 24.7 Å². The highest BCUT2D eigenvalue weighted by Crippen LogP contribution is 2.15. The summed E-state index contributed by atoms with van der Waals surface area (Å²) < 4.78 is 19.0. The van der Waals surface area contributed by atoms with Crippen molar-refractivity contribution < 1.29 is 9.13 Å². The van der Waals surface area contributed by atoms with Crippen molar-refractivity contribution in [2.75, 3.05) is 26.7 Å². The number of halogens is 1. The summed E-state index contributed by atoms with van der Waals surface area (Å²) in [4.78, 5) is 2.06. The normalized spacial score (nSPS) is 13.3. The van der Waals surface area contributed by atoms with Crippen LogP contribution in [0.1, 0.15) is 25.5 Å². The third-order valence-electron chi connectivity index (χ3n) is 2.74. The summed E-state index contributed by atoms with van der Waals surface area (Å²) in [5.74, 6) is -0.239. The third-order valence-corrected chi connectivity index (χ3v) is 2.74. The number of hydrogen-bond acceptors (Lipinski definition) is 3. The number of hydrogen-bond donors (Lipinski definition) is 1. The standard InChI is InChI=1S/C14H23FN2O/c1-11(2)18-9-8-17(3)10-14(16)12-6-4-5-7-13(12)15/h4-7,11,14H,8-10,16H2,1-3H3. The predicted octanol–water partition coefficient (Wildman–Crippen LogP) is 2.18. The van der Waals surface area contributed by atoms with Gasteiger partial charge in [0.15, 0.2) is 0 Å². The van der Waals surface area contributed by atoms with Crippen LogP contribution in [0.4, 0.5) is 4.39 Å². The van der Waals surface area contributed by atoms with Crippen molar-refractivity contribution in [2.45, 2.75) is 26.0 Å². The van der Waals surface area contributed by atoms with Crippen LogP contribution in [0.25, 0.3) is 0 Å². The Kier molecular flexibility index (Phi) is 6.25. The van der Waals surface area contributed by atoms with Crippen LogP contribution in [-0.4, -0.2) is 37.7 Å². The Morgan fingerprint density at radius 3 is 2.61 bits per heavy atom. The number of rotatable bonds is 7. The maximum atomic E-state index is 13.5. The lowest BCUT2D eigenvalue weighted by Gasteiger charge is -2.22. The van der Waals surface area contributed by atoms with Crippen LogP contribution in [0.15, 0.2) is 24.3 Å². The van der Waals surface area contributed by atoms with Crippen LogP contribution < -0.4 is 5.73 Å². The summed E-state index contributed by atoms with van der Waals surface area (Å²) in [6, 6.07) is 6.34. The van der Waals surface area contributed by atoms with Gasteiger partial charge in [-0.05, 0) is 27.0 Å². The summed E-state index contributed by atoms with van der Waals surface area (Å²) in [5.41, 5.74) is 6.57. The predicted molar refractivity (Wildman–Crippen MR) is 71.9 cm³/mol. The molecular weight excluding hydrogens is 231 g/mol. The molecule has 1 aromatic carbocycles. The first-order valence-corrected chi connectivity index (χ1v) is 6.31. The topological polar surface area (TPSA) is 38.5 Å². The van der Waals surface area contributed by atoms with Crippen LogP contribution in [0.5, 0.6) is 0 Å². The van der Waals surface area contributed by atoms with E-state index in [4.69, 9.17) is 10.5 Å². The monoisotopic (exact) mass is 254 g/mol. The average Bonchev–Trinajstić information content (AvgIpc) is 2.28. The minimum atomic E-state index is -0.310. The van der Waals surface area contributed by atoms with E-state index in [2.05, 4.69) is 4.90 Å². The van der Waals surface area contributed by atoms with Gasteiger partial charge in [-0.25, -0.2) is 4.39 Å². The molecular formula is C14H23FN2O. The molecule has 0 spiro atoms. The van der Waals surface area contributed by atoms with Crippen molar-refractivity contribution in [1.82, 2.24) is 4.90 Å². The molecule has 1 atom stereocenters. The van der Waals surface area contributed by atoms with Gasteiger partial charge in [0.1, 0.15) is 5.82 Å². The molecule has 0 heterocycles. The summed E-state index contributed by atoms with van der Waals surface area (Å²) in [5, 5.41) is 0. The number of nitrogens with two attached hydrogens (primary N) is 1. The first-order valence-electron chi connectivity index (χ1n) is 6.31. The van der Waals surface area contributed by atoms with E-state index < -0.39 is 0 Å². The van der Waals surface area contributed by atoms with E-state index in [1.165, 1.54) is 6.07 Å². The number of likely N-dealkylation sites (N-methyl/N-ethyl adjacent to an activating group) is 1. The molecule has 0 aliphatic rings. The molecule has 1 aromatic rings. The van der Waals surface area contributed by atoms with Crippen LogP contribution >= 0.6 is 0 Å². The molecule has 0 aromatic heterocycles. The highest BCUT2D eigenvalue weighted by molar-refractivity contribution is 5.21. The fourth-order valence-corrected chi connectivity index (χ4v) is 1.75. The van der Waals surface area contributed by atoms with E-state index >= 15 is 0 Å². The summed E-state index contributed by atoms with van der Waals surface area (Å²) in [6.07, 6.45) is 0.235. The highest BCUT2D eigenvalue weighted by Gasteiger charge is 2.12. The summed E-state index contributed by atoms with van der Waals surface area (Å²) in [7, 11) is 1.96. The largest absolute Gasteiger partial charge is 0.377 e. The molecule has 102 valence electrons. The smallest absolute Gasteiger partial charge is 0.128 e. The van der Waals surface area contributed by atoms with Crippen molar-refractivity contribution in [2.24, 2.45) is 5.73 Å². The summed E-state index contributed by atoms with van der Waals surface area (Å²) >= 11 is 0. The highest BCUT2D eigenvalue weighted by atomic mass is 19.1. The second-order valence-electron chi connectivity index (χ2n) is 4.81. The lowest BCUT2D eigenvalue weighted by Crippen LogP contribution is -2.32. The lowest BCUT2D eigenvalue weighted by atomic mass is 10.1. The van der Waals surface area contributed by atoms with Gasteiger partial charge in [0.2, 0.25) is 0 Å². The molecule has 2 N–H and O–H groups in total. The van der Waals surface area contributed by atoms with E-state index in [0.29, 0.717) is 18.7 Å². The molecule has 0 saturated carbocycles. The number of benzene rings is 1. The van der Waals surface area contributed by atoms with Gasteiger partial charge in [-0.15, -0.1) is 0 Å². The fraction of sp³-hybridized carbons (Fsp3) is 0.571. The van der Waals surface area contributed by atoms with Crippen LogP contribution in [0.2, 0.25) is 0 Å². The molecule has 1 unspecified atom stereocenters. The third kappa shape index (κ3) is 5.12. The quantitative estimate of drug-likeness (QED) is 0.810. The Balaban J connectivity index is 2.40. The van der Waals surface area contributed by atoms with Gasteiger partial charge in [0.25, 0.3) is 0 Å². The summed E-state index contributed by atoms with van der Waals surface area (Å²) in [6.45, 7) is 6.08. The number of ether oxygens (including phenoxy) is 1. The first-order chi connectivity index (χ1) is 8.50. The lowest BCUT2D eigenvalue weighted by molar-refractivity contribution is 0.0629. The van der Waals surface area contributed by atoms with Gasteiger partial charge in [-0.1, -0.05) is 18.2 Å². The number of nitrogens with zero attached hydrogens (tertiary/aromatic N) is 1. The molecule has 4 heteroatoms. The molecule has 0 radical (unpaired) electrons. The van der Waals surface area contributed by atoms with Crippen molar-refractivity contribution in [1.29, 1.82) is 0 Å². The molecule has 1 rings (SSSR count). The van der Waals surface area contributed by atoms with Crippen LogP contribution in [0, 0.1) is 5.82 Å². The Bertz CT molecular complexity index is 357. The second-order valence-corrected chi connectivity index (χ2v) is 4.81. The zero-order chi connectivity index (χ0) is 13.5. The van der Waals surface area contributed by atoms with Crippen LogP contribution in [-0.2, 0) is 4.74 Å². The maximum Gasteiger partial charge on any atom is 0.128 e. The average molecular weight is 254 g/mol. The minimum Gasteiger partial charge on any atom is -0.377 e. The first kappa shape index (κ1) is 15.1. The second kappa shape index (κ2) is 7.46. The van der Waals surface area contributed by atoms with E-state index in [1.807, 2.05) is 20.9 Å². The Hall–Kier alpha value is -0.970. The molecule has 0 bridgehead atoms. The van der Waals surface area contributed by atoms with Gasteiger partial charge >= 0.3 is 0 Å². The van der Waals surface area contributed by atoms with Crippen molar-refractivity contribution in [3.8, 4) is 0 Å². The van der Waals surface area contributed by atoms with Gasteiger partial charge in [-0.2, -0.15) is 0 Å². The molecule has 18 heavy (non-hydrogen) atoms.